The van der Waals surface area contributed by atoms with Crippen LogP contribution in [0, 0.1) is 0 Å². The molecule has 1 aliphatic heterocycles. The van der Waals surface area contributed by atoms with Gasteiger partial charge in [-0.05, 0) is 0 Å². The second-order valence-corrected chi connectivity index (χ2v) is 5.16. The van der Waals surface area contributed by atoms with Crippen molar-refractivity contribution < 1.29 is 12.8 Å². The van der Waals surface area contributed by atoms with Gasteiger partial charge in [-0.3, -0.25) is 0 Å². The van der Waals surface area contributed by atoms with E-state index in [1.165, 1.54) is 6.39 Å². The summed E-state index contributed by atoms with van der Waals surface area (Å²) in [5.41, 5.74) is 0. The fourth-order valence-electron chi connectivity index (χ4n) is 1.21. The van der Waals surface area contributed by atoms with Crippen LogP contribution in [-0.4, -0.2) is 43.2 Å². The van der Waals surface area contributed by atoms with Crippen molar-refractivity contribution in [2.24, 2.45) is 0 Å². The number of nitrogens with zero attached hydrogens (tertiary/aromatic N) is 3. The molecule has 0 N–H and O–H groups in total. The SMILES string of the molecule is O=S1(=O)CCN(c2nnco2)CC1. The molecule has 0 radical (unpaired) electrons. The van der Waals surface area contributed by atoms with Gasteiger partial charge in [0.2, 0.25) is 6.39 Å². The molecule has 1 aromatic rings. The fourth-order valence-corrected chi connectivity index (χ4v) is 2.41. The van der Waals surface area contributed by atoms with Gasteiger partial charge in [-0.2, -0.15) is 0 Å². The number of sulfone groups is 1. The predicted octanol–water partition coefficient (Wildman–Crippen LogP) is -0.696. The van der Waals surface area contributed by atoms with Crippen LogP contribution in [0.25, 0.3) is 0 Å². The van der Waals surface area contributed by atoms with Gasteiger partial charge in [-0.15, -0.1) is 5.10 Å². The average molecular weight is 203 g/mol. The van der Waals surface area contributed by atoms with Crippen LogP contribution in [-0.2, 0) is 9.84 Å². The highest BCUT2D eigenvalue weighted by Gasteiger charge is 2.23. The predicted molar refractivity (Wildman–Crippen MR) is 45.2 cm³/mol. The van der Waals surface area contributed by atoms with E-state index >= 15 is 0 Å². The first kappa shape index (κ1) is 8.49. The summed E-state index contributed by atoms with van der Waals surface area (Å²) in [4.78, 5) is 1.77. The van der Waals surface area contributed by atoms with E-state index in [1.807, 2.05) is 0 Å². The van der Waals surface area contributed by atoms with E-state index in [-0.39, 0.29) is 11.5 Å². The van der Waals surface area contributed by atoms with Crippen LogP contribution in [0.1, 0.15) is 0 Å². The lowest BCUT2D eigenvalue weighted by Crippen LogP contribution is -2.40. The minimum atomic E-state index is -2.84. The summed E-state index contributed by atoms with van der Waals surface area (Å²) in [6.45, 7) is 0.870. The number of anilines is 1. The topological polar surface area (TPSA) is 76.3 Å². The van der Waals surface area contributed by atoms with Gasteiger partial charge < -0.3 is 9.32 Å². The Bertz CT molecular complexity index is 358. The van der Waals surface area contributed by atoms with Crippen LogP contribution in [0.3, 0.4) is 0 Å². The molecule has 2 rings (SSSR count). The Kier molecular flexibility index (Phi) is 1.95. The molecule has 0 atom stereocenters. The minimum Gasteiger partial charge on any atom is -0.411 e. The Morgan fingerprint density at radius 1 is 1.38 bits per heavy atom. The number of aromatic nitrogens is 2. The first-order valence-corrected chi connectivity index (χ1v) is 5.71. The van der Waals surface area contributed by atoms with E-state index in [0.29, 0.717) is 19.1 Å². The molecule has 0 aliphatic carbocycles. The van der Waals surface area contributed by atoms with Crippen molar-refractivity contribution in [3.05, 3.63) is 6.39 Å². The Hall–Kier alpha value is -1.11. The molecule has 6 nitrogen and oxygen atoms in total. The molecule has 0 saturated carbocycles. The maximum atomic E-state index is 11.1. The van der Waals surface area contributed by atoms with Crippen LogP contribution < -0.4 is 4.90 Å². The molecule has 1 fully saturated rings. The van der Waals surface area contributed by atoms with Gasteiger partial charge in [0.25, 0.3) is 0 Å². The van der Waals surface area contributed by atoms with E-state index < -0.39 is 9.84 Å². The second-order valence-electron chi connectivity index (χ2n) is 2.86. The zero-order valence-corrected chi connectivity index (χ0v) is 7.70. The van der Waals surface area contributed by atoms with Gasteiger partial charge in [-0.25, -0.2) is 8.42 Å². The van der Waals surface area contributed by atoms with E-state index in [1.54, 1.807) is 4.90 Å². The lowest BCUT2D eigenvalue weighted by atomic mass is 10.5. The summed E-state index contributed by atoms with van der Waals surface area (Å²) < 4.78 is 27.1. The summed E-state index contributed by atoms with van der Waals surface area (Å²) >= 11 is 0. The van der Waals surface area contributed by atoms with E-state index in [4.69, 9.17) is 4.42 Å². The molecule has 0 spiro atoms. The average Bonchev–Trinajstić information content (AvgIpc) is 2.56. The van der Waals surface area contributed by atoms with Crippen molar-refractivity contribution in [2.45, 2.75) is 0 Å². The highest BCUT2D eigenvalue weighted by atomic mass is 32.2. The van der Waals surface area contributed by atoms with Gasteiger partial charge in [0.1, 0.15) is 0 Å². The Morgan fingerprint density at radius 3 is 2.62 bits per heavy atom. The molecule has 0 aromatic carbocycles. The van der Waals surface area contributed by atoms with Gasteiger partial charge >= 0.3 is 6.01 Å². The van der Waals surface area contributed by atoms with Gasteiger partial charge in [0.15, 0.2) is 9.84 Å². The molecule has 1 saturated heterocycles. The smallest absolute Gasteiger partial charge is 0.317 e. The van der Waals surface area contributed by atoms with Crippen LogP contribution in [0.2, 0.25) is 0 Å². The zero-order valence-electron chi connectivity index (χ0n) is 6.88. The minimum absolute atomic E-state index is 0.162. The third-order valence-corrected chi connectivity index (χ3v) is 3.57. The number of hydrogen-bond acceptors (Lipinski definition) is 6. The summed E-state index contributed by atoms with van der Waals surface area (Å²) in [5.74, 6) is 0.324. The summed E-state index contributed by atoms with van der Waals surface area (Å²) in [6, 6.07) is 0.398. The molecule has 72 valence electrons. The molecule has 7 heteroatoms. The summed E-state index contributed by atoms with van der Waals surface area (Å²) in [5, 5.41) is 7.23. The number of rotatable bonds is 1. The van der Waals surface area contributed by atoms with Crippen molar-refractivity contribution in [3.63, 3.8) is 0 Å². The summed E-state index contributed by atoms with van der Waals surface area (Å²) in [6.07, 6.45) is 1.23. The Balaban J connectivity index is 2.07. The normalized spacial score (nSPS) is 21.7. The van der Waals surface area contributed by atoms with Crippen molar-refractivity contribution in [3.8, 4) is 0 Å². The van der Waals surface area contributed by atoms with E-state index in [9.17, 15) is 8.42 Å². The molecule has 0 unspecified atom stereocenters. The molecule has 1 aromatic heterocycles. The van der Waals surface area contributed by atoms with Crippen molar-refractivity contribution in [1.82, 2.24) is 10.2 Å². The van der Waals surface area contributed by atoms with Crippen molar-refractivity contribution >= 4 is 15.9 Å². The highest BCUT2D eigenvalue weighted by Crippen LogP contribution is 2.12. The largest absolute Gasteiger partial charge is 0.411 e. The van der Waals surface area contributed by atoms with Crippen LogP contribution >= 0.6 is 0 Å². The molecule has 0 bridgehead atoms. The van der Waals surface area contributed by atoms with Gasteiger partial charge in [0.05, 0.1) is 11.5 Å². The third-order valence-electron chi connectivity index (χ3n) is 1.96. The molecule has 0 amide bonds. The van der Waals surface area contributed by atoms with E-state index in [2.05, 4.69) is 10.2 Å². The quantitative estimate of drug-likeness (QED) is 0.601. The Morgan fingerprint density at radius 2 is 2.08 bits per heavy atom. The fraction of sp³-hybridized carbons (Fsp3) is 0.667. The molecule has 13 heavy (non-hydrogen) atoms. The highest BCUT2D eigenvalue weighted by molar-refractivity contribution is 7.91. The first-order valence-electron chi connectivity index (χ1n) is 3.89. The van der Waals surface area contributed by atoms with Crippen LogP contribution in [0.4, 0.5) is 6.01 Å². The first-order chi connectivity index (χ1) is 6.17. The molecule has 1 aliphatic rings. The molecular weight excluding hydrogens is 194 g/mol. The zero-order chi connectivity index (χ0) is 9.31. The standard InChI is InChI=1S/C6H9N3O3S/c10-13(11)3-1-9(2-4-13)6-8-7-5-12-6/h5H,1-4H2. The van der Waals surface area contributed by atoms with Crippen LogP contribution in [0.5, 0.6) is 0 Å². The van der Waals surface area contributed by atoms with Crippen molar-refractivity contribution in [1.29, 1.82) is 0 Å². The Labute approximate surface area is 75.5 Å². The molecule has 2 heterocycles. The second kappa shape index (κ2) is 2.99. The third kappa shape index (κ3) is 1.80. The van der Waals surface area contributed by atoms with Gasteiger partial charge in [-0.1, -0.05) is 5.10 Å². The van der Waals surface area contributed by atoms with Gasteiger partial charge in [0, 0.05) is 13.1 Å². The maximum Gasteiger partial charge on any atom is 0.317 e. The maximum absolute atomic E-state index is 11.1. The van der Waals surface area contributed by atoms with E-state index in [0.717, 1.165) is 0 Å². The lowest BCUT2D eigenvalue weighted by Gasteiger charge is -2.24. The van der Waals surface area contributed by atoms with Crippen molar-refractivity contribution in [2.75, 3.05) is 29.5 Å². The molecular formula is C6H9N3O3S. The number of hydrogen-bond donors (Lipinski definition) is 0. The summed E-state index contributed by atoms with van der Waals surface area (Å²) in [7, 11) is -2.84. The monoisotopic (exact) mass is 203 g/mol. The lowest BCUT2D eigenvalue weighted by molar-refractivity contribution is 0.529. The van der Waals surface area contributed by atoms with Crippen LogP contribution in [0.15, 0.2) is 10.8 Å².